The number of rotatable bonds is 5. The van der Waals surface area contributed by atoms with E-state index in [1.54, 1.807) is 0 Å². The Labute approximate surface area is 93.1 Å². The first-order chi connectivity index (χ1) is 7.16. The molecule has 0 aliphatic heterocycles. The normalized spacial score (nSPS) is 15.3. The zero-order valence-corrected chi connectivity index (χ0v) is 9.98. The van der Waals surface area contributed by atoms with Gasteiger partial charge in [-0.15, -0.1) is 0 Å². The van der Waals surface area contributed by atoms with E-state index in [0.717, 1.165) is 12.8 Å². The average molecular weight is 206 g/mol. The Hall–Kier alpha value is -0.820. The van der Waals surface area contributed by atoms with Crippen LogP contribution >= 0.6 is 0 Å². The van der Waals surface area contributed by atoms with Gasteiger partial charge in [0.2, 0.25) is 0 Å². The Morgan fingerprint density at radius 1 is 1.13 bits per heavy atom. The summed E-state index contributed by atoms with van der Waals surface area (Å²) in [6.07, 6.45) is 1.71. The molecular weight excluding hydrogens is 184 g/mol. The van der Waals surface area contributed by atoms with Crippen LogP contribution in [-0.2, 0) is 0 Å². The third-order valence-electron chi connectivity index (χ3n) is 2.90. The van der Waals surface area contributed by atoms with E-state index < -0.39 is 0 Å². The maximum Gasteiger partial charge on any atom is 0.0611 e. The second-order valence-electron chi connectivity index (χ2n) is 4.54. The molecule has 0 saturated heterocycles. The second-order valence-corrected chi connectivity index (χ2v) is 4.54. The fourth-order valence-electron chi connectivity index (χ4n) is 2.20. The van der Waals surface area contributed by atoms with E-state index in [9.17, 15) is 5.11 Å². The first-order valence-electron chi connectivity index (χ1n) is 5.89. The molecule has 0 heterocycles. The molecule has 0 radical (unpaired) electrons. The minimum Gasteiger partial charge on any atom is -0.392 e. The number of hydrogen-bond acceptors (Lipinski definition) is 1. The fraction of sp³-hybridized carbons (Fsp3) is 0.571. The van der Waals surface area contributed by atoms with Gasteiger partial charge in [-0.05, 0) is 17.9 Å². The van der Waals surface area contributed by atoms with Gasteiger partial charge in [0.1, 0.15) is 0 Å². The minimum atomic E-state index is -0.211. The van der Waals surface area contributed by atoms with Crippen molar-refractivity contribution in [3.05, 3.63) is 35.9 Å². The Bertz CT molecular complexity index is 266. The van der Waals surface area contributed by atoms with E-state index in [-0.39, 0.29) is 12.0 Å². The largest absolute Gasteiger partial charge is 0.392 e. The van der Waals surface area contributed by atoms with Crippen molar-refractivity contribution in [1.29, 1.82) is 0 Å². The highest BCUT2D eigenvalue weighted by Gasteiger charge is 2.23. The van der Waals surface area contributed by atoms with Gasteiger partial charge in [-0.3, -0.25) is 0 Å². The lowest BCUT2D eigenvalue weighted by Gasteiger charge is -2.26. The highest BCUT2D eigenvalue weighted by Crippen LogP contribution is 2.29. The number of benzene rings is 1. The summed E-state index contributed by atoms with van der Waals surface area (Å²) in [6.45, 7) is 6.47. The molecule has 1 heteroatoms. The fourth-order valence-corrected chi connectivity index (χ4v) is 2.20. The van der Waals surface area contributed by atoms with Crippen molar-refractivity contribution in [1.82, 2.24) is 0 Å². The molecule has 84 valence electrons. The molecule has 1 aromatic carbocycles. The quantitative estimate of drug-likeness (QED) is 0.780. The predicted octanol–water partition coefficient (Wildman–Crippen LogP) is 3.59. The van der Waals surface area contributed by atoms with Gasteiger partial charge in [0, 0.05) is 5.92 Å². The van der Waals surface area contributed by atoms with Crippen LogP contribution in [0.25, 0.3) is 0 Å². The first kappa shape index (κ1) is 12.3. The molecular formula is C14H22O. The highest BCUT2D eigenvalue weighted by molar-refractivity contribution is 5.21. The number of aliphatic hydroxyl groups is 1. The van der Waals surface area contributed by atoms with Crippen LogP contribution in [0.5, 0.6) is 0 Å². The van der Waals surface area contributed by atoms with E-state index in [4.69, 9.17) is 0 Å². The molecule has 0 spiro atoms. The molecule has 0 aromatic heterocycles. The zero-order chi connectivity index (χ0) is 11.3. The van der Waals surface area contributed by atoms with Crippen LogP contribution in [0, 0.1) is 5.92 Å². The minimum absolute atomic E-state index is 0.211. The summed E-state index contributed by atoms with van der Waals surface area (Å²) in [5.41, 5.74) is 1.26. The van der Waals surface area contributed by atoms with Crippen molar-refractivity contribution >= 4 is 0 Å². The van der Waals surface area contributed by atoms with Crippen molar-refractivity contribution < 1.29 is 5.11 Å². The maximum atomic E-state index is 10.1. The molecule has 15 heavy (non-hydrogen) atoms. The van der Waals surface area contributed by atoms with Gasteiger partial charge >= 0.3 is 0 Å². The Balaban J connectivity index is 2.83. The molecule has 2 unspecified atom stereocenters. The summed E-state index contributed by atoms with van der Waals surface area (Å²) in [5, 5.41) is 10.1. The zero-order valence-electron chi connectivity index (χ0n) is 9.98. The van der Waals surface area contributed by atoms with E-state index in [0.29, 0.717) is 5.92 Å². The average Bonchev–Trinajstić information content (AvgIpc) is 2.19. The van der Waals surface area contributed by atoms with Gasteiger partial charge in [-0.25, -0.2) is 0 Å². The van der Waals surface area contributed by atoms with Gasteiger partial charge in [-0.2, -0.15) is 0 Å². The van der Waals surface area contributed by atoms with E-state index >= 15 is 0 Å². The third kappa shape index (κ3) is 3.35. The van der Waals surface area contributed by atoms with Gasteiger partial charge in [-0.1, -0.05) is 57.5 Å². The van der Waals surface area contributed by atoms with Crippen LogP contribution in [0.2, 0.25) is 0 Å². The predicted molar refractivity (Wildman–Crippen MR) is 64.9 cm³/mol. The second kappa shape index (κ2) is 5.92. The Kier molecular flexibility index (Phi) is 4.83. The topological polar surface area (TPSA) is 20.2 Å². The molecule has 1 aromatic rings. The number of hydrogen-bond donors (Lipinski definition) is 1. The van der Waals surface area contributed by atoms with Crippen molar-refractivity contribution in [2.45, 2.75) is 45.6 Å². The van der Waals surface area contributed by atoms with Crippen LogP contribution in [-0.4, -0.2) is 11.2 Å². The summed E-state index contributed by atoms with van der Waals surface area (Å²) < 4.78 is 0. The van der Waals surface area contributed by atoms with E-state index in [2.05, 4.69) is 32.9 Å². The molecule has 0 aliphatic rings. The smallest absolute Gasteiger partial charge is 0.0611 e. The number of aliphatic hydroxyl groups excluding tert-OH is 1. The molecule has 0 aliphatic carbocycles. The Morgan fingerprint density at radius 3 is 2.20 bits per heavy atom. The summed E-state index contributed by atoms with van der Waals surface area (Å²) in [5.74, 6) is 0.750. The monoisotopic (exact) mass is 206 g/mol. The lowest BCUT2D eigenvalue weighted by molar-refractivity contribution is 0.112. The van der Waals surface area contributed by atoms with E-state index in [1.165, 1.54) is 5.56 Å². The van der Waals surface area contributed by atoms with Gasteiger partial charge in [0.05, 0.1) is 6.10 Å². The molecule has 0 fully saturated rings. The molecule has 1 N–H and O–H groups in total. The van der Waals surface area contributed by atoms with Crippen LogP contribution in [0.4, 0.5) is 0 Å². The Morgan fingerprint density at radius 2 is 1.73 bits per heavy atom. The molecule has 1 nitrogen and oxygen atoms in total. The molecule has 2 atom stereocenters. The van der Waals surface area contributed by atoms with E-state index in [1.807, 2.05) is 18.2 Å². The SMILES string of the molecule is CCCC(O)C(c1ccccc1)C(C)C. The molecule has 0 bridgehead atoms. The van der Waals surface area contributed by atoms with Crippen LogP contribution in [0.15, 0.2) is 30.3 Å². The van der Waals surface area contributed by atoms with Crippen molar-refractivity contribution in [2.24, 2.45) is 5.92 Å². The van der Waals surface area contributed by atoms with Crippen molar-refractivity contribution in [3.63, 3.8) is 0 Å². The molecule has 1 rings (SSSR count). The van der Waals surface area contributed by atoms with Gasteiger partial charge in [0.15, 0.2) is 0 Å². The summed E-state index contributed by atoms with van der Waals surface area (Å²) in [6, 6.07) is 10.3. The van der Waals surface area contributed by atoms with Crippen LogP contribution in [0.3, 0.4) is 0 Å². The maximum absolute atomic E-state index is 10.1. The summed E-state index contributed by atoms with van der Waals surface area (Å²) >= 11 is 0. The standard InChI is InChI=1S/C14H22O/c1-4-8-13(15)14(11(2)3)12-9-6-5-7-10-12/h5-7,9-11,13-15H,4,8H2,1-3H3. The van der Waals surface area contributed by atoms with Crippen LogP contribution in [0.1, 0.15) is 45.1 Å². The van der Waals surface area contributed by atoms with Crippen LogP contribution < -0.4 is 0 Å². The highest BCUT2D eigenvalue weighted by atomic mass is 16.3. The summed E-state index contributed by atoms with van der Waals surface area (Å²) in [4.78, 5) is 0. The first-order valence-corrected chi connectivity index (χ1v) is 5.89. The lowest BCUT2D eigenvalue weighted by Crippen LogP contribution is -2.22. The third-order valence-corrected chi connectivity index (χ3v) is 2.90. The van der Waals surface area contributed by atoms with Crippen molar-refractivity contribution in [3.8, 4) is 0 Å². The van der Waals surface area contributed by atoms with Gasteiger partial charge < -0.3 is 5.11 Å². The van der Waals surface area contributed by atoms with Crippen molar-refractivity contribution in [2.75, 3.05) is 0 Å². The molecule has 0 amide bonds. The lowest BCUT2D eigenvalue weighted by atomic mass is 9.82. The summed E-state index contributed by atoms with van der Waals surface area (Å²) in [7, 11) is 0. The van der Waals surface area contributed by atoms with Gasteiger partial charge in [0.25, 0.3) is 0 Å². The molecule has 0 saturated carbocycles.